The Morgan fingerprint density at radius 1 is 0.452 bits per heavy atom. The summed E-state index contributed by atoms with van der Waals surface area (Å²) >= 11 is 0. The summed E-state index contributed by atoms with van der Waals surface area (Å²) in [4.78, 5) is 40.1. The van der Waals surface area contributed by atoms with Gasteiger partial charge in [-0.25, -0.2) is 0 Å². The molecule has 1 aliphatic heterocycles. The molecule has 1 heterocycles. The summed E-state index contributed by atoms with van der Waals surface area (Å²) in [5, 5.41) is 0. The van der Waals surface area contributed by atoms with Crippen molar-refractivity contribution in [1.29, 1.82) is 0 Å². The van der Waals surface area contributed by atoms with E-state index in [2.05, 4.69) is 39.6 Å². The number of unbranched alkanes of at least 4 members (excludes halogenated alkanes) is 20. The molecular formula is C55H107NO6. The highest BCUT2D eigenvalue weighted by Gasteiger charge is 2.28. The lowest BCUT2D eigenvalue weighted by Gasteiger charge is -2.19. The molecule has 1 saturated heterocycles. The fraction of sp³-hybridized carbons (Fsp3) is 0.945. The quantitative estimate of drug-likeness (QED) is 0.0342. The molecule has 62 heavy (non-hydrogen) atoms. The third-order valence-corrected chi connectivity index (χ3v) is 13.6. The van der Waals surface area contributed by atoms with Gasteiger partial charge in [-0.15, -0.1) is 0 Å². The second kappa shape index (κ2) is 44.6. The van der Waals surface area contributed by atoms with Crippen LogP contribution in [0.1, 0.15) is 273 Å². The molecule has 0 saturated carbocycles. The van der Waals surface area contributed by atoms with Gasteiger partial charge < -0.3 is 19.1 Å². The monoisotopic (exact) mass is 878 g/mol. The molecule has 0 radical (unpaired) electrons. The fourth-order valence-electron chi connectivity index (χ4n) is 9.35. The van der Waals surface area contributed by atoms with Gasteiger partial charge in [0, 0.05) is 19.4 Å². The van der Waals surface area contributed by atoms with Crippen molar-refractivity contribution in [3.05, 3.63) is 0 Å². The fourth-order valence-corrected chi connectivity index (χ4v) is 9.35. The first kappa shape index (κ1) is 60.4. The predicted octanol–water partition coefficient (Wildman–Crippen LogP) is 16.2. The average Bonchev–Trinajstić information content (AvgIpc) is 3.70. The molecule has 0 aromatic rings. The lowest BCUT2D eigenvalue weighted by Crippen LogP contribution is -2.24. The van der Waals surface area contributed by atoms with E-state index in [4.69, 9.17) is 14.2 Å². The Bertz CT molecular complexity index is 920. The summed E-state index contributed by atoms with van der Waals surface area (Å²) in [7, 11) is 2.08. The van der Waals surface area contributed by atoms with Crippen LogP contribution in [0.25, 0.3) is 0 Å². The summed E-state index contributed by atoms with van der Waals surface area (Å²) in [5.41, 5.74) is 0. The normalized spacial score (nSPS) is 14.2. The third kappa shape index (κ3) is 36.7. The van der Waals surface area contributed by atoms with Crippen LogP contribution in [-0.4, -0.2) is 62.8 Å². The van der Waals surface area contributed by atoms with E-state index >= 15 is 0 Å². The molecule has 1 fully saturated rings. The van der Waals surface area contributed by atoms with E-state index in [1.165, 1.54) is 128 Å². The summed E-state index contributed by atoms with van der Waals surface area (Å²) in [6.07, 6.45) is 43.1. The lowest BCUT2D eigenvalue weighted by atomic mass is 9.92. The van der Waals surface area contributed by atoms with Crippen LogP contribution in [0.15, 0.2) is 0 Å². The molecule has 0 amide bonds. The Morgan fingerprint density at radius 2 is 0.790 bits per heavy atom. The summed E-state index contributed by atoms with van der Waals surface area (Å²) in [6.45, 7) is 12.6. The smallest absolute Gasteiger partial charge is 0.310 e. The van der Waals surface area contributed by atoms with Crippen LogP contribution < -0.4 is 0 Å². The predicted molar refractivity (Wildman–Crippen MR) is 265 cm³/mol. The first-order chi connectivity index (χ1) is 29.8. The molecule has 0 bridgehead atoms. The summed E-state index contributed by atoms with van der Waals surface area (Å²) in [6, 6.07) is 0. The van der Waals surface area contributed by atoms with Crippen LogP contribution in [0.5, 0.6) is 0 Å². The van der Waals surface area contributed by atoms with Gasteiger partial charge in [0.05, 0.1) is 25.7 Å². The zero-order valence-corrected chi connectivity index (χ0v) is 41.4. The van der Waals surface area contributed by atoms with Gasteiger partial charge in [-0.3, -0.25) is 14.4 Å². The maximum Gasteiger partial charge on any atom is 0.310 e. The second-order valence-corrected chi connectivity index (χ2v) is 19.5. The largest absolute Gasteiger partial charge is 0.466 e. The molecule has 1 aliphatic rings. The summed E-state index contributed by atoms with van der Waals surface area (Å²) in [5.74, 6) is 1.75. The van der Waals surface area contributed by atoms with Crippen LogP contribution in [0.4, 0.5) is 0 Å². The zero-order valence-electron chi connectivity index (χ0n) is 41.4. The molecule has 0 aromatic heterocycles. The van der Waals surface area contributed by atoms with Crippen molar-refractivity contribution in [2.24, 2.45) is 23.7 Å². The number of hydrogen-bond donors (Lipinski definition) is 0. The van der Waals surface area contributed by atoms with Crippen LogP contribution in [0.3, 0.4) is 0 Å². The number of esters is 3. The molecule has 7 heteroatoms. The molecule has 0 N–H and O–H groups in total. The minimum atomic E-state index is -0.0220. The second-order valence-electron chi connectivity index (χ2n) is 19.5. The molecule has 1 atom stereocenters. The Morgan fingerprint density at radius 3 is 1.15 bits per heavy atom. The Labute approximate surface area is 386 Å². The van der Waals surface area contributed by atoms with Gasteiger partial charge in [0.2, 0.25) is 0 Å². The molecule has 0 aromatic carbocycles. The van der Waals surface area contributed by atoms with Crippen LogP contribution in [-0.2, 0) is 28.6 Å². The van der Waals surface area contributed by atoms with Gasteiger partial charge in [0.25, 0.3) is 0 Å². The number of carbonyl (C=O) groups excluding carboxylic acids is 3. The Balaban J connectivity index is 0.0000372. The number of carbonyl (C=O) groups is 3. The first-order valence-electron chi connectivity index (χ1n) is 27.0. The maximum atomic E-state index is 12.8. The van der Waals surface area contributed by atoms with Crippen molar-refractivity contribution in [3.8, 4) is 0 Å². The van der Waals surface area contributed by atoms with E-state index in [9.17, 15) is 14.4 Å². The molecule has 0 spiro atoms. The van der Waals surface area contributed by atoms with E-state index in [0.29, 0.717) is 50.4 Å². The van der Waals surface area contributed by atoms with Gasteiger partial charge >= 0.3 is 17.9 Å². The van der Waals surface area contributed by atoms with Crippen LogP contribution in [0, 0.1) is 23.7 Å². The van der Waals surface area contributed by atoms with Crippen molar-refractivity contribution in [2.45, 2.75) is 273 Å². The van der Waals surface area contributed by atoms with Crippen molar-refractivity contribution in [3.63, 3.8) is 0 Å². The maximum absolute atomic E-state index is 12.8. The van der Waals surface area contributed by atoms with Crippen molar-refractivity contribution < 1.29 is 28.6 Å². The van der Waals surface area contributed by atoms with Crippen molar-refractivity contribution >= 4 is 17.9 Å². The first-order valence-corrected chi connectivity index (χ1v) is 27.0. The Kier molecular flexibility index (Phi) is 43.4. The minimum absolute atomic E-state index is 0. The van der Waals surface area contributed by atoms with Gasteiger partial charge in [-0.2, -0.15) is 0 Å². The molecular weight excluding hydrogens is 771 g/mol. The highest BCUT2D eigenvalue weighted by Crippen LogP contribution is 2.25. The highest BCUT2D eigenvalue weighted by atomic mass is 16.5. The van der Waals surface area contributed by atoms with Crippen molar-refractivity contribution in [2.75, 3.05) is 40.0 Å². The molecule has 7 nitrogen and oxygen atoms in total. The van der Waals surface area contributed by atoms with Gasteiger partial charge in [-0.1, -0.05) is 215 Å². The third-order valence-electron chi connectivity index (χ3n) is 13.6. The topological polar surface area (TPSA) is 82.1 Å². The molecule has 1 rings (SSSR count). The summed E-state index contributed by atoms with van der Waals surface area (Å²) < 4.78 is 17.3. The van der Waals surface area contributed by atoms with Crippen molar-refractivity contribution in [1.82, 2.24) is 4.90 Å². The Hall–Kier alpha value is -1.63. The highest BCUT2D eigenvalue weighted by molar-refractivity contribution is 5.73. The van der Waals surface area contributed by atoms with Gasteiger partial charge in [0.15, 0.2) is 0 Å². The SMILES string of the molecule is C.CCCCCCC(CCCCCC)CCOC(=O)CCCCCCCC(CCCCCCCC(=O)OCCC(CCCCCC)CCCCCC)COC(=O)C1CCN(C)C1. The standard InChI is InChI=1S/C54H103NO6.CH4/c1-6-10-14-24-32-48(33-25-15-11-7-2)41-44-59-52(56)38-30-22-18-20-28-36-50(47-61-54(58)51-40-43-55(5)46-51)37-29-21-19-23-31-39-53(57)60-45-42-49(34-26-16-12-8-3)35-27-17-13-9-4;/h48-51H,6-47H2,1-5H3;1H4. The molecule has 368 valence electrons. The average molecular weight is 878 g/mol. The van der Waals surface area contributed by atoms with Gasteiger partial charge in [0.1, 0.15) is 0 Å². The van der Waals surface area contributed by atoms with Gasteiger partial charge in [-0.05, 0) is 76.3 Å². The molecule has 0 aliphatic carbocycles. The number of likely N-dealkylation sites (tertiary alicyclic amines) is 1. The number of rotatable bonds is 45. The van der Waals surface area contributed by atoms with E-state index < -0.39 is 0 Å². The van der Waals surface area contributed by atoms with E-state index in [-0.39, 0.29) is 31.3 Å². The lowest BCUT2D eigenvalue weighted by molar-refractivity contribution is -0.149. The number of nitrogens with zero attached hydrogens (tertiary/aromatic N) is 1. The van der Waals surface area contributed by atoms with E-state index in [1.807, 2.05) is 0 Å². The van der Waals surface area contributed by atoms with E-state index in [0.717, 1.165) is 109 Å². The number of ether oxygens (including phenoxy) is 3. The van der Waals surface area contributed by atoms with E-state index in [1.54, 1.807) is 0 Å². The molecule has 1 unspecified atom stereocenters. The zero-order chi connectivity index (χ0) is 44.4. The number of hydrogen-bond acceptors (Lipinski definition) is 7. The van der Waals surface area contributed by atoms with Crippen LogP contribution in [0.2, 0.25) is 0 Å². The minimum Gasteiger partial charge on any atom is -0.466 e. The van der Waals surface area contributed by atoms with Crippen LogP contribution >= 0.6 is 0 Å².